The molecule has 0 radical (unpaired) electrons. The fourth-order valence-corrected chi connectivity index (χ4v) is 2.62. The Morgan fingerprint density at radius 3 is 2.75 bits per heavy atom. The molecule has 0 unspecified atom stereocenters. The van der Waals surface area contributed by atoms with Crippen molar-refractivity contribution >= 4 is 28.8 Å². The van der Waals surface area contributed by atoms with Crippen molar-refractivity contribution in [3.8, 4) is 0 Å². The highest BCUT2D eigenvalue weighted by Gasteiger charge is 2.11. The number of rotatable bonds is 5. The molecule has 7 heteroatoms. The molecule has 20 heavy (non-hydrogen) atoms. The summed E-state index contributed by atoms with van der Waals surface area (Å²) in [7, 11) is 2.00. The molecule has 0 spiro atoms. The summed E-state index contributed by atoms with van der Waals surface area (Å²) in [5.74, 6) is 4.72. The zero-order valence-electron chi connectivity index (χ0n) is 11.0. The van der Waals surface area contributed by atoms with E-state index in [4.69, 9.17) is 17.4 Å². The third-order valence-corrected chi connectivity index (χ3v) is 3.82. The summed E-state index contributed by atoms with van der Waals surface area (Å²) in [6, 6.07) is 7.73. The number of amides is 1. The van der Waals surface area contributed by atoms with Crippen LogP contribution in [0.2, 0.25) is 5.02 Å². The maximum Gasteiger partial charge on any atom is 0.294 e. The summed E-state index contributed by atoms with van der Waals surface area (Å²) in [6.07, 6.45) is 0. The van der Waals surface area contributed by atoms with Crippen LogP contribution in [0.4, 0.5) is 0 Å². The van der Waals surface area contributed by atoms with Gasteiger partial charge in [0.25, 0.3) is 5.91 Å². The van der Waals surface area contributed by atoms with Crippen LogP contribution in [0.1, 0.15) is 21.1 Å². The third-order valence-electron chi connectivity index (χ3n) is 2.67. The van der Waals surface area contributed by atoms with Crippen LogP contribution in [0, 0.1) is 0 Å². The average molecular weight is 311 g/mol. The molecule has 0 bridgehead atoms. The van der Waals surface area contributed by atoms with E-state index in [-0.39, 0.29) is 5.91 Å². The molecule has 2 rings (SSSR count). The number of carbonyl (C=O) groups is 1. The molecule has 1 aromatic heterocycles. The lowest BCUT2D eigenvalue weighted by Crippen LogP contribution is -2.29. The number of carbonyl (C=O) groups excluding carboxylic acids is 1. The molecule has 3 N–H and O–H groups in total. The minimum atomic E-state index is -0.360. The van der Waals surface area contributed by atoms with Gasteiger partial charge < -0.3 is 0 Å². The van der Waals surface area contributed by atoms with Crippen LogP contribution in [0.25, 0.3) is 0 Å². The molecule has 1 amide bonds. The first-order valence-corrected chi connectivity index (χ1v) is 7.22. The molecule has 0 aliphatic heterocycles. The lowest BCUT2D eigenvalue weighted by molar-refractivity contribution is 0.0953. The number of aromatic nitrogens is 1. The monoisotopic (exact) mass is 310 g/mol. The maximum absolute atomic E-state index is 11.3. The van der Waals surface area contributed by atoms with Gasteiger partial charge in [0.2, 0.25) is 0 Å². The Morgan fingerprint density at radius 1 is 1.40 bits per heavy atom. The highest BCUT2D eigenvalue weighted by Crippen LogP contribution is 2.14. The van der Waals surface area contributed by atoms with Crippen LogP contribution in [-0.4, -0.2) is 22.8 Å². The molecule has 0 fully saturated rings. The quantitative estimate of drug-likeness (QED) is 0.503. The standard InChI is InChI=1S/C13H15ClN4OS/c1-18(6-9-2-4-10(14)5-3-9)7-11-8-20-13(16-11)12(19)17-15/h2-5,8H,6-7,15H2,1H3,(H,17,19). The minimum Gasteiger partial charge on any atom is -0.296 e. The van der Waals surface area contributed by atoms with E-state index in [1.165, 1.54) is 16.9 Å². The number of hydrogen-bond acceptors (Lipinski definition) is 5. The average Bonchev–Trinajstić information content (AvgIpc) is 2.89. The van der Waals surface area contributed by atoms with Gasteiger partial charge in [0.05, 0.1) is 5.69 Å². The van der Waals surface area contributed by atoms with Crippen molar-refractivity contribution < 1.29 is 4.79 Å². The van der Waals surface area contributed by atoms with Gasteiger partial charge in [0, 0.05) is 23.5 Å². The summed E-state index contributed by atoms with van der Waals surface area (Å²) in [4.78, 5) is 17.7. The molecule has 5 nitrogen and oxygen atoms in total. The zero-order chi connectivity index (χ0) is 14.5. The predicted molar refractivity (Wildman–Crippen MR) is 80.4 cm³/mol. The lowest BCUT2D eigenvalue weighted by Gasteiger charge is -2.15. The van der Waals surface area contributed by atoms with Crippen LogP contribution in [0.15, 0.2) is 29.6 Å². The van der Waals surface area contributed by atoms with Crippen LogP contribution < -0.4 is 11.3 Å². The topological polar surface area (TPSA) is 71.2 Å². The number of hydrogen-bond donors (Lipinski definition) is 2. The van der Waals surface area contributed by atoms with Gasteiger partial charge in [-0.25, -0.2) is 10.8 Å². The number of hydrazine groups is 1. The Balaban J connectivity index is 1.94. The Kier molecular flexibility index (Phi) is 5.08. The first-order chi connectivity index (χ1) is 9.58. The summed E-state index contributed by atoms with van der Waals surface area (Å²) in [5, 5.41) is 2.97. The molecule has 0 saturated heterocycles. The van der Waals surface area contributed by atoms with E-state index in [0.29, 0.717) is 11.6 Å². The van der Waals surface area contributed by atoms with Crippen molar-refractivity contribution in [2.24, 2.45) is 5.84 Å². The van der Waals surface area contributed by atoms with E-state index < -0.39 is 0 Å². The summed E-state index contributed by atoms with van der Waals surface area (Å²) in [6.45, 7) is 1.45. The number of halogens is 1. The Hall–Kier alpha value is -1.47. The fourth-order valence-electron chi connectivity index (χ4n) is 1.78. The van der Waals surface area contributed by atoms with Crippen molar-refractivity contribution in [3.63, 3.8) is 0 Å². The van der Waals surface area contributed by atoms with E-state index in [0.717, 1.165) is 17.3 Å². The van der Waals surface area contributed by atoms with Gasteiger partial charge >= 0.3 is 0 Å². The molecule has 2 aromatic rings. The zero-order valence-corrected chi connectivity index (χ0v) is 12.5. The van der Waals surface area contributed by atoms with Crippen LogP contribution in [0.5, 0.6) is 0 Å². The molecule has 0 aliphatic carbocycles. The third kappa shape index (κ3) is 4.01. The molecular weight excluding hydrogens is 296 g/mol. The Morgan fingerprint density at radius 2 is 2.10 bits per heavy atom. The molecule has 0 atom stereocenters. The van der Waals surface area contributed by atoms with Crippen molar-refractivity contribution in [1.29, 1.82) is 0 Å². The largest absolute Gasteiger partial charge is 0.296 e. The van der Waals surface area contributed by atoms with Crippen LogP contribution in [-0.2, 0) is 13.1 Å². The van der Waals surface area contributed by atoms with Crippen molar-refractivity contribution in [3.05, 3.63) is 50.9 Å². The SMILES string of the molecule is CN(Cc1ccc(Cl)cc1)Cc1csc(C(=O)NN)n1. The second kappa shape index (κ2) is 6.81. The normalized spacial score (nSPS) is 10.8. The maximum atomic E-state index is 11.3. The Bertz CT molecular complexity index is 584. The molecule has 0 saturated carbocycles. The van der Waals surface area contributed by atoms with Crippen molar-refractivity contribution in [2.45, 2.75) is 13.1 Å². The highest BCUT2D eigenvalue weighted by atomic mass is 35.5. The number of nitrogens with zero attached hydrogens (tertiary/aromatic N) is 2. The van der Waals surface area contributed by atoms with Gasteiger partial charge in [0.1, 0.15) is 0 Å². The number of benzene rings is 1. The van der Waals surface area contributed by atoms with E-state index in [2.05, 4.69) is 15.3 Å². The van der Waals surface area contributed by atoms with E-state index in [9.17, 15) is 4.79 Å². The number of nitrogens with one attached hydrogen (secondary N) is 1. The van der Waals surface area contributed by atoms with Gasteiger partial charge in [-0.05, 0) is 24.7 Å². The van der Waals surface area contributed by atoms with Gasteiger partial charge in [-0.15, -0.1) is 11.3 Å². The second-order valence-electron chi connectivity index (χ2n) is 4.42. The van der Waals surface area contributed by atoms with Gasteiger partial charge in [-0.1, -0.05) is 23.7 Å². The number of nitrogen functional groups attached to an aromatic ring is 1. The van der Waals surface area contributed by atoms with E-state index in [1.807, 2.05) is 36.7 Å². The molecule has 1 heterocycles. The predicted octanol–water partition coefficient (Wildman–Crippen LogP) is 2.03. The number of nitrogens with two attached hydrogens (primary N) is 1. The van der Waals surface area contributed by atoms with E-state index in [1.54, 1.807) is 0 Å². The van der Waals surface area contributed by atoms with Crippen molar-refractivity contribution in [1.82, 2.24) is 15.3 Å². The summed E-state index contributed by atoms with van der Waals surface area (Å²) >= 11 is 7.14. The smallest absolute Gasteiger partial charge is 0.294 e. The van der Waals surface area contributed by atoms with Crippen LogP contribution >= 0.6 is 22.9 Å². The van der Waals surface area contributed by atoms with Gasteiger partial charge in [-0.3, -0.25) is 15.1 Å². The minimum absolute atomic E-state index is 0.360. The lowest BCUT2D eigenvalue weighted by atomic mass is 10.2. The second-order valence-corrected chi connectivity index (χ2v) is 5.71. The van der Waals surface area contributed by atoms with Crippen molar-refractivity contribution in [2.75, 3.05) is 7.05 Å². The number of thiazole rings is 1. The summed E-state index contributed by atoms with van der Waals surface area (Å²) < 4.78 is 0. The first-order valence-electron chi connectivity index (χ1n) is 5.97. The van der Waals surface area contributed by atoms with Gasteiger partial charge in [-0.2, -0.15) is 0 Å². The van der Waals surface area contributed by atoms with E-state index >= 15 is 0 Å². The molecule has 106 valence electrons. The highest BCUT2D eigenvalue weighted by molar-refractivity contribution is 7.11. The molecule has 1 aromatic carbocycles. The Labute approximate surface area is 126 Å². The van der Waals surface area contributed by atoms with Gasteiger partial charge in [0.15, 0.2) is 5.01 Å². The first kappa shape index (κ1) is 14.9. The molecule has 0 aliphatic rings. The summed E-state index contributed by atoms with van der Waals surface area (Å²) in [5.41, 5.74) is 4.10. The molecular formula is C13H15ClN4OS. The van der Waals surface area contributed by atoms with Crippen LogP contribution in [0.3, 0.4) is 0 Å². The fraction of sp³-hybridized carbons (Fsp3) is 0.231.